The molecule has 96 valence electrons. The first-order valence-corrected chi connectivity index (χ1v) is 6.33. The van der Waals surface area contributed by atoms with Crippen molar-refractivity contribution in [3.8, 4) is 0 Å². The molecule has 0 saturated heterocycles. The first-order valence-electron chi connectivity index (χ1n) is 6.33. The lowest BCUT2D eigenvalue weighted by Crippen LogP contribution is -2.32. The quantitative estimate of drug-likeness (QED) is 0.674. The zero-order valence-corrected chi connectivity index (χ0v) is 10.6. The van der Waals surface area contributed by atoms with Gasteiger partial charge in [0.05, 0.1) is 6.42 Å². The SMILES string of the molecule is CCNCCNC(=O)Cc1c[nH]c2ccccc12. The summed E-state index contributed by atoms with van der Waals surface area (Å²) < 4.78 is 0. The molecule has 0 bridgehead atoms. The Hall–Kier alpha value is -1.81. The van der Waals surface area contributed by atoms with Crippen molar-refractivity contribution < 1.29 is 4.79 Å². The van der Waals surface area contributed by atoms with Crippen molar-refractivity contribution in [1.29, 1.82) is 0 Å². The second kappa shape index (κ2) is 6.21. The zero-order chi connectivity index (χ0) is 12.8. The van der Waals surface area contributed by atoms with E-state index in [-0.39, 0.29) is 5.91 Å². The van der Waals surface area contributed by atoms with Crippen LogP contribution in [0.5, 0.6) is 0 Å². The number of amides is 1. The van der Waals surface area contributed by atoms with Gasteiger partial charge in [0.25, 0.3) is 0 Å². The number of para-hydroxylation sites is 1. The Morgan fingerprint density at radius 2 is 2.11 bits per heavy atom. The lowest BCUT2D eigenvalue weighted by molar-refractivity contribution is -0.120. The van der Waals surface area contributed by atoms with E-state index in [0.29, 0.717) is 13.0 Å². The molecule has 0 fully saturated rings. The van der Waals surface area contributed by atoms with Crippen molar-refractivity contribution >= 4 is 16.8 Å². The maximum absolute atomic E-state index is 11.8. The van der Waals surface area contributed by atoms with Gasteiger partial charge < -0.3 is 15.6 Å². The fraction of sp³-hybridized carbons (Fsp3) is 0.357. The van der Waals surface area contributed by atoms with Crippen molar-refractivity contribution in [2.24, 2.45) is 0 Å². The van der Waals surface area contributed by atoms with Gasteiger partial charge in [-0.3, -0.25) is 4.79 Å². The number of H-pyrrole nitrogens is 1. The van der Waals surface area contributed by atoms with Crippen molar-refractivity contribution in [3.05, 3.63) is 36.0 Å². The van der Waals surface area contributed by atoms with E-state index >= 15 is 0 Å². The number of rotatable bonds is 6. The minimum Gasteiger partial charge on any atom is -0.361 e. The van der Waals surface area contributed by atoms with Gasteiger partial charge in [0.1, 0.15) is 0 Å². The molecule has 2 rings (SSSR count). The summed E-state index contributed by atoms with van der Waals surface area (Å²) in [6, 6.07) is 8.02. The normalized spacial score (nSPS) is 10.7. The highest BCUT2D eigenvalue weighted by molar-refractivity contribution is 5.88. The zero-order valence-electron chi connectivity index (χ0n) is 10.6. The van der Waals surface area contributed by atoms with Gasteiger partial charge in [-0.05, 0) is 18.2 Å². The Morgan fingerprint density at radius 1 is 1.28 bits per heavy atom. The molecule has 1 amide bonds. The lowest BCUT2D eigenvalue weighted by Gasteiger charge is -2.05. The standard InChI is InChI=1S/C14H19N3O/c1-2-15-7-8-16-14(18)9-11-10-17-13-6-4-3-5-12(11)13/h3-6,10,15,17H,2,7-9H2,1H3,(H,16,18). The highest BCUT2D eigenvalue weighted by atomic mass is 16.1. The van der Waals surface area contributed by atoms with Gasteiger partial charge in [-0.2, -0.15) is 0 Å². The van der Waals surface area contributed by atoms with Crippen LogP contribution in [0.2, 0.25) is 0 Å². The number of nitrogens with one attached hydrogen (secondary N) is 3. The largest absolute Gasteiger partial charge is 0.361 e. The van der Waals surface area contributed by atoms with Gasteiger partial charge in [-0.25, -0.2) is 0 Å². The van der Waals surface area contributed by atoms with Crippen LogP contribution in [0.25, 0.3) is 10.9 Å². The Balaban J connectivity index is 1.91. The van der Waals surface area contributed by atoms with Crippen molar-refractivity contribution in [1.82, 2.24) is 15.6 Å². The molecule has 0 aliphatic heterocycles. The molecule has 0 saturated carbocycles. The van der Waals surface area contributed by atoms with Crippen LogP contribution in [0, 0.1) is 0 Å². The molecule has 1 heterocycles. The Kier molecular flexibility index (Phi) is 4.36. The number of likely N-dealkylation sites (N-methyl/N-ethyl adjacent to an activating group) is 1. The van der Waals surface area contributed by atoms with Crippen LogP contribution in [0.15, 0.2) is 30.5 Å². The van der Waals surface area contributed by atoms with E-state index in [4.69, 9.17) is 0 Å². The smallest absolute Gasteiger partial charge is 0.224 e. The van der Waals surface area contributed by atoms with Crippen LogP contribution in [0.3, 0.4) is 0 Å². The summed E-state index contributed by atoms with van der Waals surface area (Å²) in [7, 11) is 0. The second-order valence-corrected chi connectivity index (χ2v) is 4.24. The number of aromatic nitrogens is 1. The third kappa shape index (κ3) is 3.11. The van der Waals surface area contributed by atoms with Gasteiger partial charge in [-0.1, -0.05) is 25.1 Å². The molecule has 4 nitrogen and oxygen atoms in total. The summed E-state index contributed by atoms with van der Waals surface area (Å²) in [5.41, 5.74) is 2.12. The first-order chi connectivity index (χ1) is 8.81. The summed E-state index contributed by atoms with van der Waals surface area (Å²) in [5.74, 6) is 0.0673. The van der Waals surface area contributed by atoms with E-state index in [1.54, 1.807) is 0 Å². The maximum Gasteiger partial charge on any atom is 0.224 e. The van der Waals surface area contributed by atoms with Gasteiger partial charge in [0.2, 0.25) is 5.91 Å². The molecule has 18 heavy (non-hydrogen) atoms. The highest BCUT2D eigenvalue weighted by Gasteiger charge is 2.07. The molecule has 0 unspecified atom stereocenters. The van der Waals surface area contributed by atoms with Crippen LogP contribution in [0.1, 0.15) is 12.5 Å². The van der Waals surface area contributed by atoms with Crippen molar-refractivity contribution in [3.63, 3.8) is 0 Å². The van der Waals surface area contributed by atoms with Crippen LogP contribution >= 0.6 is 0 Å². The molecule has 0 atom stereocenters. The first kappa shape index (κ1) is 12.6. The Morgan fingerprint density at radius 3 is 2.94 bits per heavy atom. The molecule has 0 aliphatic rings. The second-order valence-electron chi connectivity index (χ2n) is 4.24. The van der Waals surface area contributed by atoms with Crippen LogP contribution in [-0.2, 0) is 11.2 Å². The molecule has 2 aromatic rings. The fourth-order valence-corrected chi connectivity index (χ4v) is 1.98. The Bertz CT molecular complexity index is 518. The number of carbonyl (C=O) groups is 1. The minimum absolute atomic E-state index is 0.0673. The molecule has 4 heteroatoms. The number of aromatic amines is 1. The predicted molar refractivity (Wildman–Crippen MR) is 73.6 cm³/mol. The van der Waals surface area contributed by atoms with Gasteiger partial charge >= 0.3 is 0 Å². The number of hydrogen-bond donors (Lipinski definition) is 3. The third-order valence-corrected chi connectivity index (χ3v) is 2.90. The summed E-state index contributed by atoms with van der Waals surface area (Å²) >= 11 is 0. The van der Waals surface area contributed by atoms with E-state index in [0.717, 1.165) is 29.6 Å². The highest BCUT2D eigenvalue weighted by Crippen LogP contribution is 2.17. The van der Waals surface area contributed by atoms with E-state index < -0.39 is 0 Å². The Labute approximate surface area is 107 Å². The molecule has 0 aliphatic carbocycles. The molecule has 1 aromatic heterocycles. The van der Waals surface area contributed by atoms with Crippen LogP contribution in [0.4, 0.5) is 0 Å². The summed E-state index contributed by atoms with van der Waals surface area (Å²) in [4.78, 5) is 14.9. The summed E-state index contributed by atoms with van der Waals surface area (Å²) in [6.45, 7) is 4.47. The van der Waals surface area contributed by atoms with Crippen LogP contribution in [-0.4, -0.2) is 30.5 Å². The molecule has 0 radical (unpaired) electrons. The molecular weight excluding hydrogens is 226 g/mol. The molecule has 0 spiro atoms. The van der Waals surface area contributed by atoms with Gasteiger partial charge in [-0.15, -0.1) is 0 Å². The lowest BCUT2D eigenvalue weighted by atomic mass is 10.1. The third-order valence-electron chi connectivity index (χ3n) is 2.90. The monoisotopic (exact) mass is 245 g/mol. The van der Waals surface area contributed by atoms with E-state index in [1.165, 1.54) is 0 Å². The number of fused-ring (bicyclic) bond motifs is 1. The van der Waals surface area contributed by atoms with E-state index in [9.17, 15) is 4.79 Å². The summed E-state index contributed by atoms with van der Waals surface area (Å²) in [5, 5.41) is 7.20. The van der Waals surface area contributed by atoms with Crippen LogP contribution < -0.4 is 10.6 Å². The van der Waals surface area contributed by atoms with E-state index in [1.807, 2.05) is 37.4 Å². The fourth-order valence-electron chi connectivity index (χ4n) is 1.98. The predicted octanol–water partition coefficient (Wildman–Crippen LogP) is 1.44. The molecule has 1 aromatic carbocycles. The topological polar surface area (TPSA) is 56.9 Å². The summed E-state index contributed by atoms with van der Waals surface area (Å²) in [6.07, 6.45) is 2.34. The number of benzene rings is 1. The minimum atomic E-state index is 0.0673. The maximum atomic E-state index is 11.8. The number of hydrogen-bond acceptors (Lipinski definition) is 2. The number of carbonyl (C=O) groups excluding carboxylic acids is 1. The average molecular weight is 245 g/mol. The van der Waals surface area contributed by atoms with Crippen molar-refractivity contribution in [2.75, 3.05) is 19.6 Å². The molecular formula is C14H19N3O. The van der Waals surface area contributed by atoms with Crippen molar-refractivity contribution in [2.45, 2.75) is 13.3 Å². The van der Waals surface area contributed by atoms with Gasteiger partial charge in [0.15, 0.2) is 0 Å². The van der Waals surface area contributed by atoms with Gasteiger partial charge in [0, 0.05) is 30.2 Å². The average Bonchev–Trinajstić information content (AvgIpc) is 2.78. The van der Waals surface area contributed by atoms with E-state index in [2.05, 4.69) is 15.6 Å². The molecule has 3 N–H and O–H groups in total.